The number of hydrogen-bond donors (Lipinski definition) is 1. The second kappa shape index (κ2) is 5.51. The lowest BCUT2D eigenvalue weighted by Crippen LogP contribution is -2.38. The molecule has 0 amide bonds. The lowest BCUT2D eigenvalue weighted by molar-refractivity contribution is 0.239. The van der Waals surface area contributed by atoms with Crippen LogP contribution in [0.1, 0.15) is 25.5 Å². The fourth-order valence-electron chi connectivity index (χ4n) is 1.84. The third kappa shape index (κ3) is 3.46. The maximum atomic E-state index is 5.50. The van der Waals surface area contributed by atoms with Gasteiger partial charge in [-0.3, -0.25) is 4.90 Å². The topological polar surface area (TPSA) is 28.4 Å². The number of nitrogens with one attached hydrogen (secondary N) is 1. The van der Waals surface area contributed by atoms with E-state index in [0.29, 0.717) is 6.04 Å². The molecule has 1 atom stereocenters. The molecule has 2 rings (SSSR count). The first-order valence-electron chi connectivity index (χ1n) is 5.83. The molecule has 1 N–H and O–H groups in total. The summed E-state index contributed by atoms with van der Waals surface area (Å²) in [6.45, 7) is 4.12. The average molecular weight is 334 g/mol. The maximum absolute atomic E-state index is 5.50. The van der Waals surface area contributed by atoms with E-state index in [1.54, 1.807) is 0 Å². The van der Waals surface area contributed by atoms with Gasteiger partial charge in [-0.15, -0.1) is 0 Å². The summed E-state index contributed by atoms with van der Waals surface area (Å²) in [5, 5.41) is 3.44. The molecule has 1 fully saturated rings. The van der Waals surface area contributed by atoms with Gasteiger partial charge in [0.25, 0.3) is 0 Å². The maximum Gasteiger partial charge on any atom is 0.164 e. The van der Waals surface area contributed by atoms with E-state index in [4.69, 9.17) is 4.42 Å². The van der Waals surface area contributed by atoms with Crippen molar-refractivity contribution in [2.45, 2.75) is 38.4 Å². The summed E-state index contributed by atoms with van der Waals surface area (Å²) in [6.07, 6.45) is 2.74. The highest BCUT2D eigenvalue weighted by molar-refractivity contribution is 14.1. The SMILES string of the molecule is CC(CNCc1ccc(I)o1)N(C)C1CC1. The molecule has 1 saturated carbocycles. The van der Waals surface area contributed by atoms with Crippen LogP contribution in [0.2, 0.25) is 0 Å². The molecule has 1 aliphatic carbocycles. The fraction of sp³-hybridized carbons (Fsp3) is 0.667. The number of rotatable bonds is 6. The van der Waals surface area contributed by atoms with Crippen molar-refractivity contribution in [3.05, 3.63) is 21.7 Å². The first kappa shape index (κ1) is 12.4. The predicted octanol–water partition coefficient (Wildman–Crippen LogP) is 2.46. The zero-order valence-corrected chi connectivity index (χ0v) is 12.0. The Morgan fingerprint density at radius 2 is 2.31 bits per heavy atom. The van der Waals surface area contributed by atoms with E-state index in [2.05, 4.69) is 46.8 Å². The van der Waals surface area contributed by atoms with Crippen LogP contribution in [0.15, 0.2) is 16.5 Å². The van der Waals surface area contributed by atoms with Crippen LogP contribution in [0.5, 0.6) is 0 Å². The van der Waals surface area contributed by atoms with Crippen molar-refractivity contribution >= 4 is 22.6 Å². The predicted molar refractivity (Wildman–Crippen MR) is 73.4 cm³/mol. The first-order chi connectivity index (χ1) is 7.66. The molecule has 0 aromatic carbocycles. The van der Waals surface area contributed by atoms with Crippen molar-refractivity contribution in [1.82, 2.24) is 10.2 Å². The molecular formula is C12H19IN2O. The molecule has 1 aliphatic rings. The summed E-state index contributed by atoms with van der Waals surface area (Å²) in [4.78, 5) is 2.47. The van der Waals surface area contributed by atoms with E-state index in [1.807, 2.05) is 12.1 Å². The largest absolute Gasteiger partial charge is 0.454 e. The molecule has 3 nitrogen and oxygen atoms in total. The molecule has 4 heteroatoms. The zero-order valence-electron chi connectivity index (χ0n) is 9.87. The number of likely N-dealkylation sites (N-methyl/N-ethyl adjacent to an activating group) is 1. The first-order valence-corrected chi connectivity index (χ1v) is 6.91. The van der Waals surface area contributed by atoms with Gasteiger partial charge >= 0.3 is 0 Å². The second-order valence-electron chi connectivity index (χ2n) is 4.58. The Kier molecular flexibility index (Phi) is 4.27. The van der Waals surface area contributed by atoms with Crippen LogP contribution in [0.25, 0.3) is 0 Å². The van der Waals surface area contributed by atoms with Crippen LogP contribution in [0, 0.1) is 3.77 Å². The Balaban J connectivity index is 1.67. The summed E-state index contributed by atoms with van der Waals surface area (Å²) in [5.41, 5.74) is 0. The number of halogens is 1. The molecule has 0 radical (unpaired) electrons. The van der Waals surface area contributed by atoms with Crippen LogP contribution < -0.4 is 5.32 Å². The lowest BCUT2D eigenvalue weighted by Gasteiger charge is -2.24. The molecule has 0 saturated heterocycles. The molecule has 1 aromatic rings. The van der Waals surface area contributed by atoms with Gasteiger partial charge in [0.1, 0.15) is 5.76 Å². The smallest absolute Gasteiger partial charge is 0.164 e. The second-order valence-corrected chi connectivity index (χ2v) is 5.65. The van der Waals surface area contributed by atoms with Crippen molar-refractivity contribution in [2.24, 2.45) is 0 Å². The van der Waals surface area contributed by atoms with Crippen LogP contribution in [-0.4, -0.2) is 30.6 Å². The van der Waals surface area contributed by atoms with E-state index >= 15 is 0 Å². The highest BCUT2D eigenvalue weighted by atomic mass is 127. The Morgan fingerprint density at radius 1 is 1.56 bits per heavy atom. The highest BCUT2D eigenvalue weighted by Crippen LogP contribution is 2.26. The van der Waals surface area contributed by atoms with Gasteiger partial charge in [-0.1, -0.05) is 0 Å². The minimum Gasteiger partial charge on any atom is -0.454 e. The summed E-state index contributed by atoms with van der Waals surface area (Å²) < 4.78 is 6.45. The van der Waals surface area contributed by atoms with Gasteiger partial charge in [-0.05, 0) is 61.5 Å². The molecule has 90 valence electrons. The van der Waals surface area contributed by atoms with E-state index in [-0.39, 0.29) is 0 Å². The number of hydrogen-bond acceptors (Lipinski definition) is 3. The van der Waals surface area contributed by atoms with Crippen LogP contribution >= 0.6 is 22.6 Å². The summed E-state index contributed by atoms with van der Waals surface area (Å²) in [5.74, 6) is 1.02. The number of furan rings is 1. The van der Waals surface area contributed by atoms with Gasteiger partial charge in [0.15, 0.2) is 3.77 Å². The van der Waals surface area contributed by atoms with Crippen LogP contribution in [-0.2, 0) is 6.54 Å². The summed E-state index contributed by atoms with van der Waals surface area (Å²) in [7, 11) is 2.22. The Labute approximate surface area is 111 Å². The highest BCUT2D eigenvalue weighted by Gasteiger charge is 2.28. The molecule has 1 heterocycles. The van der Waals surface area contributed by atoms with Gasteiger partial charge < -0.3 is 9.73 Å². The minimum atomic E-state index is 0.599. The average Bonchev–Trinajstić information content (AvgIpc) is 3.02. The van der Waals surface area contributed by atoms with Crippen molar-refractivity contribution in [1.29, 1.82) is 0 Å². The normalized spacial score (nSPS) is 18.0. The fourth-order valence-corrected chi connectivity index (χ4v) is 2.30. The van der Waals surface area contributed by atoms with Gasteiger partial charge in [-0.25, -0.2) is 0 Å². The van der Waals surface area contributed by atoms with Crippen molar-refractivity contribution in [3.63, 3.8) is 0 Å². The molecular weight excluding hydrogens is 315 g/mol. The van der Waals surface area contributed by atoms with Crippen LogP contribution in [0.4, 0.5) is 0 Å². The summed E-state index contributed by atoms with van der Waals surface area (Å²) in [6, 6.07) is 5.46. The van der Waals surface area contributed by atoms with Gasteiger partial charge in [0.2, 0.25) is 0 Å². The van der Waals surface area contributed by atoms with E-state index in [0.717, 1.165) is 28.7 Å². The third-order valence-electron chi connectivity index (χ3n) is 3.19. The van der Waals surface area contributed by atoms with E-state index < -0.39 is 0 Å². The van der Waals surface area contributed by atoms with Gasteiger partial charge in [0.05, 0.1) is 6.54 Å². The van der Waals surface area contributed by atoms with Crippen LogP contribution in [0.3, 0.4) is 0 Å². The minimum absolute atomic E-state index is 0.599. The molecule has 1 aromatic heterocycles. The molecule has 1 unspecified atom stereocenters. The molecule has 0 aliphatic heterocycles. The Hall–Kier alpha value is -0.0700. The van der Waals surface area contributed by atoms with E-state index in [9.17, 15) is 0 Å². The molecule has 0 bridgehead atoms. The summed E-state index contributed by atoms with van der Waals surface area (Å²) >= 11 is 2.19. The Morgan fingerprint density at radius 3 is 2.88 bits per heavy atom. The Bertz CT molecular complexity index is 336. The number of nitrogens with zero attached hydrogens (tertiary/aromatic N) is 1. The standard InChI is InChI=1S/C12H19IN2O/c1-9(15(2)10-3-4-10)7-14-8-11-5-6-12(13)16-11/h5-6,9-10,14H,3-4,7-8H2,1-2H3. The quantitative estimate of drug-likeness (QED) is 0.810. The lowest BCUT2D eigenvalue weighted by atomic mass is 10.3. The van der Waals surface area contributed by atoms with E-state index in [1.165, 1.54) is 12.8 Å². The molecule has 0 spiro atoms. The monoisotopic (exact) mass is 334 g/mol. The van der Waals surface area contributed by atoms with Crippen molar-refractivity contribution in [2.75, 3.05) is 13.6 Å². The zero-order chi connectivity index (χ0) is 11.5. The molecule has 16 heavy (non-hydrogen) atoms. The third-order valence-corrected chi connectivity index (χ3v) is 3.77. The van der Waals surface area contributed by atoms with Crippen molar-refractivity contribution in [3.8, 4) is 0 Å². The van der Waals surface area contributed by atoms with Gasteiger partial charge in [0, 0.05) is 18.6 Å². The van der Waals surface area contributed by atoms with Gasteiger partial charge in [-0.2, -0.15) is 0 Å². The van der Waals surface area contributed by atoms with Crippen molar-refractivity contribution < 1.29 is 4.42 Å².